The number of hydrogen-bond donors (Lipinski definition) is 1. The van der Waals surface area contributed by atoms with Gasteiger partial charge < -0.3 is 5.73 Å². The molecule has 0 unspecified atom stereocenters. The number of carbonyl (C=O) groups is 1. The van der Waals surface area contributed by atoms with E-state index in [9.17, 15) is 4.79 Å². The SMILES string of the molecule is NCCc1cncn1C(=O)c1ccccc1Cl. The zero-order valence-corrected chi connectivity index (χ0v) is 9.89. The van der Waals surface area contributed by atoms with Crippen molar-refractivity contribution < 1.29 is 4.79 Å². The maximum Gasteiger partial charge on any atom is 0.264 e. The molecule has 1 heterocycles. The van der Waals surface area contributed by atoms with Gasteiger partial charge in [-0.25, -0.2) is 4.98 Å². The Morgan fingerprint density at radius 1 is 1.41 bits per heavy atom. The Kier molecular flexibility index (Phi) is 3.56. The van der Waals surface area contributed by atoms with Gasteiger partial charge in [-0.05, 0) is 18.7 Å². The van der Waals surface area contributed by atoms with Crippen molar-refractivity contribution in [1.29, 1.82) is 0 Å². The van der Waals surface area contributed by atoms with Crippen LogP contribution in [0, 0.1) is 0 Å². The predicted molar refractivity (Wildman–Crippen MR) is 66.2 cm³/mol. The van der Waals surface area contributed by atoms with Crippen LogP contribution < -0.4 is 5.73 Å². The first kappa shape index (κ1) is 11.8. The first-order valence-corrected chi connectivity index (χ1v) is 5.62. The molecule has 2 N–H and O–H groups in total. The van der Waals surface area contributed by atoms with Gasteiger partial charge in [0.25, 0.3) is 5.91 Å². The van der Waals surface area contributed by atoms with Crippen molar-refractivity contribution in [2.75, 3.05) is 6.54 Å². The summed E-state index contributed by atoms with van der Waals surface area (Å²) in [7, 11) is 0. The molecule has 17 heavy (non-hydrogen) atoms. The van der Waals surface area contributed by atoms with E-state index in [0.29, 0.717) is 23.6 Å². The molecule has 1 aromatic heterocycles. The largest absolute Gasteiger partial charge is 0.330 e. The van der Waals surface area contributed by atoms with E-state index in [1.165, 1.54) is 10.9 Å². The quantitative estimate of drug-likeness (QED) is 0.901. The van der Waals surface area contributed by atoms with E-state index in [4.69, 9.17) is 17.3 Å². The molecule has 0 bridgehead atoms. The van der Waals surface area contributed by atoms with Gasteiger partial charge in [0.15, 0.2) is 0 Å². The van der Waals surface area contributed by atoms with Gasteiger partial charge in [-0.15, -0.1) is 0 Å². The highest BCUT2D eigenvalue weighted by Gasteiger charge is 2.14. The average molecular weight is 250 g/mol. The molecule has 0 atom stereocenters. The van der Waals surface area contributed by atoms with Crippen LogP contribution in [0.1, 0.15) is 16.1 Å². The van der Waals surface area contributed by atoms with E-state index < -0.39 is 0 Å². The fraction of sp³-hybridized carbons (Fsp3) is 0.167. The third-order valence-electron chi connectivity index (χ3n) is 2.44. The number of rotatable bonds is 3. The molecular weight excluding hydrogens is 238 g/mol. The molecule has 0 aliphatic heterocycles. The van der Waals surface area contributed by atoms with Crippen LogP contribution in [0.5, 0.6) is 0 Å². The number of hydrogen-bond acceptors (Lipinski definition) is 3. The summed E-state index contributed by atoms with van der Waals surface area (Å²) in [5.74, 6) is -0.184. The molecule has 1 aromatic carbocycles. The van der Waals surface area contributed by atoms with E-state index in [2.05, 4.69) is 4.98 Å². The standard InChI is InChI=1S/C12H12ClN3O/c13-11-4-2-1-3-10(11)12(17)16-8-15-7-9(16)5-6-14/h1-4,7-8H,5-6,14H2. The molecule has 88 valence electrons. The third-order valence-corrected chi connectivity index (χ3v) is 2.77. The van der Waals surface area contributed by atoms with Gasteiger partial charge in [0.2, 0.25) is 0 Å². The summed E-state index contributed by atoms with van der Waals surface area (Å²) in [6.07, 6.45) is 3.73. The normalized spacial score (nSPS) is 10.5. The van der Waals surface area contributed by atoms with Gasteiger partial charge in [-0.3, -0.25) is 9.36 Å². The average Bonchev–Trinajstić information content (AvgIpc) is 2.78. The molecule has 0 aliphatic rings. The Morgan fingerprint density at radius 2 is 2.18 bits per heavy atom. The minimum atomic E-state index is -0.184. The number of aromatic nitrogens is 2. The maximum atomic E-state index is 12.2. The number of imidazole rings is 1. The van der Waals surface area contributed by atoms with Gasteiger partial charge in [-0.1, -0.05) is 23.7 Å². The van der Waals surface area contributed by atoms with E-state index in [1.807, 2.05) is 0 Å². The highest BCUT2D eigenvalue weighted by Crippen LogP contribution is 2.17. The highest BCUT2D eigenvalue weighted by molar-refractivity contribution is 6.33. The van der Waals surface area contributed by atoms with Crippen molar-refractivity contribution in [2.24, 2.45) is 5.73 Å². The number of benzene rings is 1. The topological polar surface area (TPSA) is 60.9 Å². The smallest absolute Gasteiger partial charge is 0.264 e. The number of halogens is 1. The zero-order chi connectivity index (χ0) is 12.3. The Hall–Kier alpha value is -1.65. The fourth-order valence-corrected chi connectivity index (χ4v) is 1.82. The minimum absolute atomic E-state index is 0.184. The molecule has 0 spiro atoms. The van der Waals surface area contributed by atoms with Crippen molar-refractivity contribution in [2.45, 2.75) is 6.42 Å². The Morgan fingerprint density at radius 3 is 2.88 bits per heavy atom. The van der Waals surface area contributed by atoms with Crippen molar-refractivity contribution in [3.63, 3.8) is 0 Å². The van der Waals surface area contributed by atoms with Crippen LogP contribution in [0.2, 0.25) is 5.02 Å². The van der Waals surface area contributed by atoms with Crippen molar-refractivity contribution >= 4 is 17.5 Å². The Bertz CT molecular complexity index is 536. The van der Waals surface area contributed by atoms with Crippen LogP contribution in [-0.2, 0) is 6.42 Å². The molecule has 2 rings (SSSR count). The molecule has 5 heteroatoms. The second kappa shape index (κ2) is 5.12. The zero-order valence-electron chi connectivity index (χ0n) is 9.14. The Labute approximate surface area is 104 Å². The van der Waals surface area contributed by atoms with Gasteiger partial charge in [-0.2, -0.15) is 0 Å². The molecule has 0 fully saturated rings. The summed E-state index contributed by atoms with van der Waals surface area (Å²) >= 11 is 5.99. The molecule has 0 radical (unpaired) electrons. The van der Waals surface area contributed by atoms with Crippen molar-refractivity contribution in [3.8, 4) is 0 Å². The van der Waals surface area contributed by atoms with E-state index in [1.54, 1.807) is 30.5 Å². The molecule has 0 amide bonds. The van der Waals surface area contributed by atoms with Crippen LogP contribution in [0.3, 0.4) is 0 Å². The van der Waals surface area contributed by atoms with Crippen molar-refractivity contribution in [3.05, 3.63) is 53.1 Å². The lowest BCUT2D eigenvalue weighted by molar-refractivity contribution is 0.0957. The predicted octanol–water partition coefficient (Wildman–Crippen LogP) is 1.73. The number of carbonyl (C=O) groups excluding carboxylic acids is 1. The maximum absolute atomic E-state index is 12.2. The number of nitrogens with zero attached hydrogens (tertiary/aromatic N) is 2. The van der Waals surface area contributed by atoms with Crippen molar-refractivity contribution in [1.82, 2.24) is 9.55 Å². The summed E-state index contributed by atoms with van der Waals surface area (Å²) in [5, 5.41) is 0.435. The van der Waals surface area contributed by atoms with Gasteiger partial charge >= 0.3 is 0 Å². The summed E-state index contributed by atoms with van der Waals surface area (Å²) < 4.78 is 1.48. The van der Waals surface area contributed by atoms with Crippen LogP contribution in [0.15, 0.2) is 36.8 Å². The molecular formula is C12H12ClN3O. The number of nitrogens with two attached hydrogens (primary N) is 1. The fourth-order valence-electron chi connectivity index (χ4n) is 1.60. The second-order valence-corrected chi connectivity index (χ2v) is 3.99. The third kappa shape index (κ3) is 2.38. The van der Waals surface area contributed by atoms with Crippen LogP contribution in [0.25, 0.3) is 0 Å². The molecule has 0 saturated carbocycles. The molecule has 4 nitrogen and oxygen atoms in total. The first-order chi connectivity index (χ1) is 8.24. The molecule has 0 aliphatic carbocycles. The summed E-state index contributed by atoms with van der Waals surface area (Å²) in [6, 6.07) is 6.94. The van der Waals surface area contributed by atoms with E-state index in [-0.39, 0.29) is 5.91 Å². The second-order valence-electron chi connectivity index (χ2n) is 3.58. The summed E-state index contributed by atoms with van der Waals surface area (Å²) in [6.45, 7) is 0.474. The first-order valence-electron chi connectivity index (χ1n) is 5.24. The highest BCUT2D eigenvalue weighted by atomic mass is 35.5. The summed E-state index contributed by atoms with van der Waals surface area (Å²) in [4.78, 5) is 16.2. The molecule has 2 aromatic rings. The Balaban J connectivity index is 2.37. The lowest BCUT2D eigenvalue weighted by Gasteiger charge is -2.07. The summed E-state index contributed by atoms with van der Waals surface area (Å²) in [5.41, 5.74) is 6.73. The van der Waals surface area contributed by atoms with Crippen LogP contribution in [0.4, 0.5) is 0 Å². The van der Waals surface area contributed by atoms with Gasteiger partial charge in [0, 0.05) is 18.3 Å². The van der Waals surface area contributed by atoms with E-state index >= 15 is 0 Å². The van der Waals surface area contributed by atoms with Gasteiger partial charge in [0.05, 0.1) is 10.6 Å². The lowest BCUT2D eigenvalue weighted by Crippen LogP contribution is -2.16. The van der Waals surface area contributed by atoms with Gasteiger partial charge in [0.1, 0.15) is 6.33 Å². The lowest BCUT2D eigenvalue weighted by atomic mass is 10.2. The van der Waals surface area contributed by atoms with Crippen LogP contribution >= 0.6 is 11.6 Å². The van der Waals surface area contributed by atoms with E-state index in [0.717, 1.165) is 5.69 Å². The molecule has 0 saturated heterocycles. The monoisotopic (exact) mass is 249 g/mol. The van der Waals surface area contributed by atoms with Crippen LogP contribution in [-0.4, -0.2) is 22.0 Å². The minimum Gasteiger partial charge on any atom is -0.330 e.